The Hall–Kier alpha value is -2.58. The summed E-state index contributed by atoms with van der Waals surface area (Å²) in [5, 5.41) is 10.9. The maximum atomic E-state index is 12.5. The number of esters is 1. The Labute approximate surface area is 152 Å². The lowest BCUT2D eigenvalue weighted by atomic mass is 10.1. The minimum absolute atomic E-state index is 0.305. The van der Waals surface area contributed by atoms with Crippen molar-refractivity contribution in [3.63, 3.8) is 0 Å². The Balaban J connectivity index is 1.68. The number of carbonyl (C=O) groups is 2. The molecule has 0 aliphatic carbocycles. The molecule has 0 spiro atoms. The summed E-state index contributed by atoms with van der Waals surface area (Å²) in [6.45, 7) is -0.358. The standard InChI is InChI=1S/C16H13ClN4O3S/c17-15-7-6-14(25-15)13(22)9-24-16(23)12(21-10-18-19-20-21)8-11-4-2-1-3-5-11/h1-7,10,12H,8-9H2/t12-/m0/s1. The second-order valence-electron chi connectivity index (χ2n) is 5.13. The van der Waals surface area contributed by atoms with E-state index in [9.17, 15) is 9.59 Å². The van der Waals surface area contributed by atoms with Crippen molar-refractivity contribution in [2.75, 3.05) is 6.61 Å². The Bertz CT molecular complexity index is 851. The number of ether oxygens (including phenoxy) is 1. The van der Waals surface area contributed by atoms with Gasteiger partial charge in [-0.2, -0.15) is 0 Å². The molecule has 2 heterocycles. The topological polar surface area (TPSA) is 87.0 Å². The smallest absolute Gasteiger partial charge is 0.331 e. The van der Waals surface area contributed by atoms with E-state index in [0.29, 0.717) is 15.6 Å². The van der Waals surface area contributed by atoms with Gasteiger partial charge in [0.25, 0.3) is 0 Å². The molecule has 3 aromatic rings. The van der Waals surface area contributed by atoms with Crippen LogP contribution in [0.5, 0.6) is 0 Å². The van der Waals surface area contributed by atoms with Crippen LogP contribution in [0.4, 0.5) is 0 Å². The molecule has 0 bridgehead atoms. The maximum absolute atomic E-state index is 12.5. The van der Waals surface area contributed by atoms with Crippen molar-refractivity contribution >= 4 is 34.7 Å². The summed E-state index contributed by atoms with van der Waals surface area (Å²) in [6, 6.07) is 11.9. The number of benzene rings is 1. The minimum Gasteiger partial charge on any atom is -0.456 e. The molecule has 2 aromatic heterocycles. The average Bonchev–Trinajstić information content (AvgIpc) is 3.30. The first-order valence-electron chi connectivity index (χ1n) is 7.35. The van der Waals surface area contributed by atoms with E-state index >= 15 is 0 Å². The fourth-order valence-electron chi connectivity index (χ4n) is 2.20. The lowest BCUT2D eigenvalue weighted by Crippen LogP contribution is -2.26. The molecule has 0 radical (unpaired) electrons. The van der Waals surface area contributed by atoms with Gasteiger partial charge in [-0.05, 0) is 28.1 Å². The number of hydrogen-bond acceptors (Lipinski definition) is 7. The van der Waals surface area contributed by atoms with Crippen molar-refractivity contribution in [2.24, 2.45) is 0 Å². The highest BCUT2D eigenvalue weighted by Gasteiger charge is 2.25. The summed E-state index contributed by atoms with van der Waals surface area (Å²) in [5.74, 6) is -0.882. The third kappa shape index (κ3) is 4.49. The molecule has 25 heavy (non-hydrogen) atoms. The van der Waals surface area contributed by atoms with Gasteiger partial charge in [-0.15, -0.1) is 16.4 Å². The molecule has 0 aliphatic heterocycles. The molecule has 0 saturated heterocycles. The van der Waals surface area contributed by atoms with Gasteiger partial charge in [-0.1, -0.05) is 41.9 Å². The first kappa shape index (κ1) is 17.2. The zero-order valence-electron chi connectivity index (χ0n) is 12.9. The third-order valence-electron chi connectivity index (χ3n) is 3.42. The molecule has 0 aliphatic rings. The monoisotopic (exact) mass is 376 g/mol. The van der Waals surface area contributed by atoms with Gasteiger partial charge in [0.05, 0.1) is 9.21 Å². The number of tetrazole rings is 1. The molecule has 1 atom stereocenters. The summed E-state index contributed by atoms with van der Waals surface area (Å²) < 4.78 is 7.01. The van der Waals surface area contributed by atoms with Gasteiger partial charge in [-0.3, -0.25) is 4.79 Å². The maximum Gasteiger partial charge on any atom is 0.331 e. The van der Waals surface area contributed by atoms with E-state index in [4.69, 9.17) is 16.3 Å². The second-order valence-corrected chi connectivity index (χ2v) is 6.85. The van der Waals surface area contributed by atoms with Crippen molar-refractivity contribution in [3.8, 4) is 0 Å². The summed E-state index contributed by atoms with van der Waals surface area (Å²) in [7, 11) is 0. The van der Waals surface area contributed by atoms with Gasteiger partial charge in [0.1, 0.15) is 6.33 Å². The number of aromatic nitrogens is 4. The summed E-state index contributed by atoms with van der Waals surface area (Å²) >= 11 is 6.95. The van der Waals surface area contributed by atoms with E-state index in [1.807, 2.05) is 30.3 Å². The summed E-state index contributed by atoms with van der Waals surface area (Å²) in [6.07, 6.45) is 1.69. The highest BCUT2D eigenvalue weighted by molar-refractivity contribution is 7.18. The highest BCUT2D eigenvalue weighted by atomic mass is 35.5. The van der Waals surface area contributed by atoms with Gasteiger partial charge in [0, 0.05) is 6.42 Å². The first-order valence-corrected chi connectivity index (χ1v) is 8.54. The van der Waals surface area contributed by atoms with Gasteiger partial charge in [0.15, 0.2) is 12.6 Å². The molecule has 0 N–H and O–H groups in total. The largest absolute Gasteiger partial charge is 0.456 e. The van der Waals surface area contributed by atoms with Crippen LogP contribution >= 0.6 is 22.9 Å². The first-order chi connectivity index (χ1) is 12.1. The molecule has 3 rings (SSSR count). The van der Waals surface area contributed by atoms with Crippen molar-refractivity contribution < 1.29 is 14.3 Å². The van der Waals surface area contributed by atoms with Crippen molar-refractivity contribution in [1.29, 1.82) is 0 Å². The second kappa shape index (κ2) is 8.00. The molecule has 0 unspecified atom stereocenters. The molecule has 7 nitrogen and oxygen atoms in total. The van der Waals surface area contributed by atoms with Crippen LogP contribution in [0.3, 0.4) is 0 Å². The van der Waals surface area contributed by atoms with Crippen molar-refractivity contribution in [2.45, 2.75) is 12.5 Å². The van der Waals surface area contributed by atoms with E-state index in [1.165, 1.54) is 11.0 Å². The van der Waals surface area contributed by atoms with Crippen LogP contribution in [0.15, 0.2) is 48.8 Å². The Kier molecular flexibility index (Phi) is 5.52. The molecule has 0 saturated carbocycles. The zero-order valence-corrected chi connectivity index (χ0v) is 14.5. The van der Waals surface area contributed by atoms with Crippen molar-refractivity contribution in [3.05, 3.63) is 63.6 Å². The number of nitrogens with zero attached hydrogens (tertiary/aromatic N) is 4. The summed E-state index contributed by atoms with van der Waals surface area (Å²) in [4.78, 5) is 25.0. The molecular weight excluding hydrogens is 364 g/mol. The normalized spacial score (nSPS) is 11.9. The number of carbonyl (C=O) groups excluding carboxylic acids is 2. The van der Waals surface area contributed by atoms with Crippen molar-refractivity contribution in [1.82, 2.24) is 20.2 Å². The SMILES string of the molecule is O=C(COC(=O)[C@H](Cc1ccccc1)n1cnnn1)c1ccc(Cl)s1. The zero-order chi connectivity index (χ0) is 17.6. The number of hydrogen-bond donors (Lipinski definition) is 0. The van der Waals surface area contributed by atoms with Crippen LogP contribution < -0.4 is 0 Å². The lowest BCUT2D eigenvalue weighted by Gasteiger charge is -2.15. The van der Waals surface area contributed by atoms with Crippen LogP contribution in [0.1, 0.15) is 21.3 Å². The predicted octanol–water partition coefficient (Wildman–Crippen LogP) is 2.60. The van der Waals surface area contributed by atoms with Crippen LogP contribution in [0.25, 0.3) is 0 Å². The quantitative estimate of drug-likeness (QED) is 0.465. The van der Waals surface area contributed by atoms with E-state index in [0.717, 1.165) is 16.9 Å². The molecule has 128 valence electrons. The lowest BCUT2D eigenvalue weighted by molar-refractivity contribution is -0.146. The van der Waals surface area contributed by atoms with Crippen LogP contribution in [0, 0.1) is 0 Å². The van der Waals surface area contributed by atoms with E-state index in [2.05, 4.69) is 15.5 Å². The Morgan fingerprint density at radius 3 is 2.64 bits per heavy atom. The molecule has 9 heteroatoms. The number of rotatable bonds is 7. The number of halogens is 1. The molecule has 0 amide bonds. The van der Waals surface area contributed by atoms with Gasteiger partial charge in [-0.25, -0.2) is 9.48 Å². The van der Waals surface area contributed by atoms with Crippen LogP contribution in [0.2, 0.25) is 4.34 Å². The Morgan fingerprint density at radius 1 is 1.20 bits per heavy atom. The summed E-state index contributed by atoms with van der Waals surface area (Å²) in [5.41, 5.74) is 0.927. The van der Waals surface area contributed by atoms with Gasteiger partial charge >= 0.3 is 5.97 Å². The highest BCUT2D eigenvalue weighted by Crippen LogP contribution is 2.22. The third-order valence-corrected chi connectivity index (χ3v) is 4.69. The fourth-order valence-corrected chi connectivity index (χ4v) is 3.17. The minimum atomic E-state index is -0.753. The van der Waals surface area contributed by atoms with E-state index < -0.39 is 12.0 Å². The van der Waals surface area contributed by atoms with E-state index in [-0.39, 0.29) is 12.4 Å². The van der Waals surface area contributed by atoms with Gasteiger partial charge in [0.2, 0.25) is 5.78 Å². The number of ketones is 1. The average molecular weight is 377 g/mol. The van der Waals surface area contributed by atoms with Crippen LogP contribution in [-0.2, 0) is 16.0 Å². The van der Waals surface area contributed by atoms with E-state index in [1.54, 1.807) is 12.1 Å². The molecular formula is C16H13ClN4O3S. The van der Waals surface area contributed by atoms with Crippen LogP contribution in [-0.4, -0.2) is 38.6 Å². The Morgan fingerprint density at radius 2 is 2.00 bits per heavy atom. The fraction of sp³-hybridized carbons (Fsp3) is 0.188. The molecule has 0 fully saturated rings. The number of Topliss-reactive ketones (excluding diaryl/α,β-unsaturated/α-hetero) is 1. The van der Waals surface area contributed by atoms with Gasteiger partial charge < -0.3 is 4.74 Å². The number of thiophene rings is 1. The molecule has 1 aromatic carbocycles. The predicted molar refractivity (Wildman–Crippen MR) is 91.6 cm³/mol.